The average molecular weight is 128 g/mol. The van der Waals surface area contributed by atoms with Gasteiger partial charge >= 0.3 is 0 Å². The quantitative estimate of drug-likeness (QED) is 0.313. The van der Waals surface area contributed by atoms with Gasteiger partial charge in [0.25, 0.3) is 0 Å². The van der Waals surface area contributed by atoms with Crippen molar-refractivity contribution in [1.29, 1.82) is 0 Å². The molecular weight excluding hydrogens is 120 g/mol. The molecule has 1 N–H and O–H groups in total. The zero-order chi connectivity index (χ0) is 6.69. The molecule has 0 bridgehead atoms. The van der Waals surface area contributed by atoms with Crippen LogP contribution in [0.5, 0.6) is 0 Å². The summed E-state index contributed by atoms with van der Waals surface area (Å²) >= 11 is 0. The Labute approximate surface area is 52.5 Å². The lowest BCUT2D eigenvalue weighted by Crippen LogP contribution is -2.14. The Hall–Kier alpha value is -0.930. The van der Waals surface area contributed by atoms with Gasteiger partial charge in [-0.3, -0.25) is 0 Å². The predicted octanol–water partition coefficient (Wildman–Crippen LogP) is 0.278. The Morgan fingerprint density at radius 1 is 1.78 bits per heavy atom. The molecule has 1 saturated heterocycles. The van der Waals surface area contributed by atoms with Gasteiger partial charge in [0.2, 0.25) is 0 Å². The van der Waals surface area contributed by atoms with Crippen LogP contribution in [0.4, 0.5) is 0 Å². The first-order valence-electron chi connectivity index (χ1n) is 2.81. The smallest absolute Gasteiger partial charge is 0.114 e. The van der Waals surface area contributed by atoms with Crippen molar-refractivity contribution in [3.63, 3.8) is 0 Å². The van der Waals surface area contributed by atoms with Crippen LogP contribution in [-0.2, 0) is 0 Å². The van der Waals surface area contributed by atoms with Gasteiger partial charge in [-0.15, -0.1) is 5.53 Å². The van der Waals surface area contributed by atoms with Gasteiger partial charge in [0.15, 0.2) is 0 Å². The molecule has 9 heavy (non-hydrogen) atoms. The minimum atomic E-state index is -0.310. The summed E-state index contributed by atoms with van der Waals surface area (Å²) in [5.74, 6) is 0. The fraction of sp³-hybridized carbons (Fsp3) is 1.00. The molecule has 5 nitrogen and oxygen atoms in total. The van der Waals surface area contributed by atoms with Gasteiger partial charge in [0.1, 0.15) is 6.54 Å². The van der Waals surface area contributed by atoms with Crippen molar-refractivity contribution in [3.05, 3.63) is 10.4 Å². The van der Waals surface area contributed by atoms with Crippen molar-refractivity contribution < 1.29 is 5.11 Å². The number of β-amino-alcohol motifs (C(OH)–C–C–N with tert-alkyl or cyclic N) is 1. The molecule has 0 radical (unpaired) electrons. The zero-order valence-corrected chi connectivity index (χ0v) is 4.93. The molecule has 1 aliphatic rings. The van der Waals surface area contributed by atoms with Gasteiger partial charge in [-0.05, 0) is 5.22 Å². The SMILES string of the molecule is [N-]=[N+]=NN1CCC(O)C1. The van der Waals surface area contributed by atoms with Crippen molar-refractivity contribution in [1.82, 2.24) is 5.01 Å². The van der Waals surface area contributed by atoms with E-state index < -0.39 is 0 Å². The molecule has 1 fully saturated rings. The van der Waals surface area contributed by atoms with E-state index >= 15 is 0 Å². The molecule has 1 heterocycles. The first-order valence-corrected chi connectivity index (χ1v) is 2.81. The normalized spacial score (nSPS) is 25.9. The molecule has 0 aromatic rings. The molecule has 0 saturated carbocycles. The minimum Gasteiger partial charge on any atom is -0.389 e. The summed E-state index contributed by atoms with van der Waals surface area (Å²) in [6.45, 7) is 1.15. The van der Waals surface area contributed by atoms with Crippen molar-refractivity contribution in [2.45, 2.75) is 12.5 Å². The highest BCUT2D eigenvalue weighted by atomic mass is 16.3. The lowest BCUT2D eigenvalue weighted by atomic mass is 10.3. The Bertz CT molecular complexity index is 142. The molecular formula is C4H8N4O. The summed E-state index contributed by atoms with van der Waals surface area (Å²) in [6, 6.07) is 0. The predicted molar refractivity (Wildman–Crippen MR) is 31.3 cm³/mol. The van der Waals surface area contributed by atoms with Gasteiger partial charge in [-0.1, -0.05) is 0 Å². The highest BCUT2D eigenvalue weighted by Gasteiger charge is 2.21. The van der Waals surface area contributed by atoms with Crippen LogP contribution in [0, 0.1) is 0 Å². The van der Waals surface area contributed by atoms with Gasteiger partial charge in [-0.2, -0.15) is 4.91 Å². The number of hydrogen-bond donors (Lipinski definition) is 1. The largest absolute Gasteiger partial charge is 0.389 e. The molecule has 0 spiro atoms. The summed E-state index contributed by atoms with van der Waals surface area (Å²) in [5, 5.41) is 13.7. The number of aliphatic hydroxyl groups excluding tert-OH is 1. The van der Waals surface area contributed by atoms with Gasteiger partial charge < -0.3 is 5.11 Å². The summed E-state index contributed by atoms with van der Waals surface area (Å²) in [4.78, 5) is 2.59. The lowest BCUT2D eigenvalue weighted by Gasteiger charge is -2.01. The first-order chi connectivity index (χ1) is 4.33. The maximum Gasteiger partial charge on any atom is 0.114 e. The molecule has 1 aliphatic heterocycles. The second kappa shape index (κ2) is 2.57. The summed E-state index contributed by atoms with van der Waals surface area (Å²) < 4.78 is 0. The standard InChI is InChI=1S/C4H8N4O/c5-6-7-8-2-1-4(9)3-8/h4,9H,1-3H2. The summed E-state index contributed by atoms with van der Waals surface area (Å²) in [5.41, 5.74) is 7.95. The number of azide groups is 1. The molecule has 1 atom stereocenters. The maximum absolute atomic E-state index is 8.90. The molecule has 0 aliphatic carbocycles. The van der Waals surface area contributed by atoms with E-state index in [4.69, 9.17) is 10.6 Å². The van der Waals surface area contributed by atoms with E-state index in [-0.39, 0.29) is 6.10 Å². The molecule has 1 rings (SSSR count). The lowest BCUT2D eigenvalue weighted by molar-refractivity contribution is 0.177. The van der Waals surface area contributed by atoms with Crippen LogP contribution in [-0.4, -0.2) is 29.3 Å². The van der Waals surface area contributed by atoms with Gasteiger partial charge in [0, 0.05) is 6.42 Å². The van der Waals surface area contributed by atoms with E-state index in [1.54, 1.807) is 0 Å². The highest BCUT2D eigenvalue weighted by molar-refractivity contribution is 4.70. The molecule has 0 aromatic heterocycles. The van der Waals surface area contributed by atoms with Crippen molar-refractivity contribution in [3.8, 4) is 0 Å². The highest BCUT2D eigenvalue weighted by Crippen LogP contribution is 2.07. The average Bonchev–Trinajstić information content (AvgIpc) is 2.17. The van der Waals surface area contributed by atoms with Crippen LogP contribution < -0.4 is 0 Å². The van der Waals surface area contributed by atoms with E-state index in [9.17, 15) is 0 Å². The number of aliphatic hydroxyl groups is 1. The molecule has 0 amide bonds. The van der Waals surface area contributed by atoms with Crippen LogP contribution in [0.15, 0.2) is 5.22 Å². The van der Waals surface area contributed by atoms with Crippen molar-refractivity contribution in [2.75, 3.05) is 13.1 Å². The molecule has 5 heteroatoms. The van der Waals surface area contributed by atoms with Crippen LogP contribution in [0.25, 0.3) is 10.4 Å². The minimum absolute atomic E-state index is 0.310. The molecule has 50 valence electrons. The van der Waals surface area contributed by atoms with Crippen LogP contribution in [0.3, 0.4) is 0 Å². The van der Waals surface area contributed by atoms with E-state index in [0.717, 1.165) is 0 Å². The number of rotatable bonds is 1. The zero-order valence-electron chi connectivity index (χ0n) is 4.93. The van der Waals surface area contributed by atoms with Crippen LogP contribution >= 0.6 is 0 Å². The molecule has 0 aromatic carbocycles. The second-order valence-corrected chi connectivity index (χ2v) is 2.03. The monoisotopic (exact) mass is 128 g/mol. The Balaban J connectivity index is 2.38. The van der Waals surface area contributed by atoms with Crippen LogP contribution in [0.1, 0.15) is 6.42 Å². The maximum atomic E-state index is 8.90. The number of hydrogen-bond acceptors (Lipinski definition) is 2. The van der Waals surface area contributed by atoms with E-state index in [1.807, 2.05) is 0 Å². The van der Waals surface area contributed by atoms with Crippen LogP contribution in [0.2, 0.25) is 0 Å². The summed E-state index contributed by atoms with van der Waals surface area (Å²) in [7, 11) is 0. The van der Waals surface area contributed by atoms with Crippen molar-refractivity contribution in [2.24, 2.45) is 5.22 Å². The fourth-order valence-corrected chi connectivity index (χ4v) is 0.862. The number of nitrogens with zero attached hydrogens (tertiary/aromatic N) is 4. The third-order valence-corrected chi connectivity index (χ3v) is 1.31. The summed E-state index contributed by atoms with van der Waals surface area (Å²) in [6.07, 6.45) is 0.398. The van der Waals surface area contributed by atoms with Gasteiger partial charge in [-0.25, -0.2) is 5.01 Å². The first kappa shape index (κ1) is 6.19. The van der Waals surface area contributed by atoms with E-state index in [0.29, 0.717) is 19.5 Å². The molecule has 1 unspecified atom stereocenters. The Morgan fingerprint density at radius 2 is 2.56 bits per heavy atom. The fourth-order valence-electron chi connectivity index (χ4n) is 0.862. The van der Waals surface area contributed by atoms with Crippen molar-refractivity contribution >= 4 is 0 Å². The van der Waals surface area contributed by atoms with E-state index in [1.165, 1.54) is 5.01 Å². The Morgan fingerprint density at radius 3 is 3.00 bits per heavy atom. The second-order valence-electron chi connectivity index (χ2n) is 2.03. The Kier molecular flexibility index (Phi) is 1.77. The third-order valence-electron chi connectivity index (χ3n) is 1.31. The third kappa shape index (κ3) is 1.48. The van der Waals surface area contributed by atoms with E-state index in [2.05, 4.69) is 10.1 Å². The van der Waals surface area contributed by atoms with Gasteiger partial charge in [0.05, 0.1) is 12.6 Å². The topological polar surface area (TPSA) is 72.2 Å².